The van der Waals surface area contributed by atoms with Crippen molar-refractivity contribution >= 4 is 15.7 Å². The van der Waals surface area contributed by atoms with E-state index in [0.29, 0.717) is 18.2 Å². The molecule has 1 saturated heterocycles. The maximum Gasteiger partial charge on any atom is 0.152 e. The van der Waals surface area contributed by atoms with Gasteiger partial charge in [0.05, 0.1) is 23.2 Å². The summed E-state index contributed by atoms with van der Waals surface area (Å²) in [7, 11) is -2.90. The number of nitrogen functional groups attached to an aromatic ring is 1. The molecular formula is C13H21N3O2S. The predicted molar refractivity (Wildman–Crippen MR) is 74.9 cm³/mol. The van der Waals surface area contributed by atoms with E-state index in [1.54, 1.807) is 4.68 Å². The topological polar surface area (TPSA) is 78.0 Å². The molecule has 0 spiro atoms. The quantitative estimate of drug-likeness (QED) is 0.915. The van der Waals surface area contributed by atoms with Gasteiger partial charge in [0, 0.05) is 11.5 Å². The number of nitrogens with zero attached hydrogens (tertiary/aromatic N) is 2. The third-order valence-corrected chi connectivity index (χ3v) is 6.23. The zero-order chi connectivity index (χ0) is 13.6. The van der Waals surface area contributed by atoms with Gasteiger partial charge in [-0.2, -0.15) is 5.10 Å². The van der Waals surface area contributed by atoms with Gasteiger partial charge in [-0.3, -0.25) is 0 Å². The molecule has 0 amide bonds. The molecule has 1 aromatic rings. The molecule has 2 fully saturated rings. The Hall–Kier alpha value is -1.04. The predicted octanol–water partition coefficient (Wildman–Crippen LogP) is 1.65. The SMILES string of the molecule is CCc1c(C2CCC2)nn(C2CCS(=O)(=O)C2)c1N. The molecule has 3 rings (SSSR count). The lowest BCUT2D eigenvalue weighted by Crippen LogP contribution is -2.16. The largest absolute Gasteiger partial charge is 0.384 e. The standard InChI is InChI=1S/C13H21N3O2S/c1-2-11-12(9-4-3-5-9)15-16(13(11)14)10-6-7-19(17,18)8-10/h9-10H,2-8,14H2,1H3. The molecule has 0 bridgehead atoms. The van der Waals surface area contributed by atoms with Gasteiger partial charge in [0.2, 0.25) is 0 Å². The molecule has 0 radical (unpaired) electrons. The van der Waals surface area contributed by atoms with Gasteiger partial charge in [0.15, 0.2) is 9.84 Å². The number of nitrogens with two attached hydrogens (primary N) is 1. The minimum atomic E-state index is -2.90. The number of aromatic nitrogens is 2. The molecule has 1 aliphatic heterocycles. The molecule has 106 valence electrons. The van der Waals surface area contributed by atoms with Crippen molar-refractivity contribution in [3.8, 4) is 0 Å². The summed E-state index contributed by atoms with van der Waals surface area (Å²) in [5.74, 6) is 1.67. The van der Waals surface area contributed by atoms with Crippen molar-refractivity contribution in [1.29, 1.82) is 0 Å². The minimum Gasteiger partial charge on any atom is -0.384 e. The Kier molecular flexibility index (Phi) is 3.08. The van der Waals surface area contributed by atoms with Crippen molar-refractivity contribution in [2.24, 2.45) is 0 Å². The molecule has 2 N–H and O–H groups in total. The van der Waals surface area contributed by atoms with Crippen molar-refractivity contribution in [2.45, 2.75) is 51.0 Å². The molecule has 1 atom stereocenters. The molecule has 1 aliphatic carbocycles. The van der Waals surface area contributed by atoms with Gasteiger partial charge >= 0.3 is 0 Å². The Labute approximate surface area is 114 Å². The van der Waals surface area contributed by atoms with Gasteiger partial charge in [-0.1, -0.05) is 13.3 Å². The molecule has 0 aromatic carbocycles. The van der Waals surface area contributed by atoms with Crippen molar-refractivity contribution in [3.05, 3.63) is 11.3 Å². The number of sulfone groups is 1. The molecule has 5 nitrogen and oxygen atoms in total. The van der Waals surface area contributed by atoms with Gasteiger partial charge in [0.25, 0.3) is 0 Å². The number of rotatable bonds is 3. The first-order chi connectivity index (χ1) is 9.02. The third-order valence-electron chi connectivity index (χ3n) is 4.48. The van der Waals surface area contributed by atoms with E-state index in [1.165, 1.54) is 19.3 Å². The third kappa shape index (κ3) is 2.16. The van der Waals surface area contributed by atoms with E-state index in [-0.39, 0.29) is 17.5 Å². The van der Waals surface area contributed by atoms with Crippen molar-refractivity contribution in [1.82, 2.24) is 9.78 Å². The molecule has 1 aromatic heterocycles. The number of hydrogen-bond acceptors (Lipinski definition) is 4. The average Bonchev–Trinajstić information content (AvgIpc) is 2.77. The highest BCUT2D eigenvalue weighted by Crippen LogP contribution is 2.40. The summed E-state index contributed by atoms with van der Waals surface area (Å²) in [6.45, 7) is 2.09. The Balaban J connectivity index is 1.96. The monoisotopic (exact) mass is 283 g/mol. The first-order valence-electron chi connectivity index (χ1n) is 7.09. The van der Waals surface area contributed by atoms with Crippen LogP contribution >= 0.6 is 0 Å². The van der Waals surface area contributed by atoms with Crippen LogP contribution in [0.25, 0.3) is 0 Å². The van der Waals surface area contributed by atoms with Crippen LogP contribution in [-0.4, -0.2) is 29.7 Å². The van der Waals surface area contributed by atoms with Crippen molar-refractivity contribution in [3.63, 3.8) is 0 Å². The summed E-state index contributed by atoms with van der Waals surface area (Å²) < 4.78 is 25.0. The molecule has 2 heterocycles. The fourth-order valence-corrected chi connectivity index (χ4v) is 4.81. The van der Waals surface area contributed by atoms with Crippen LogP contribution < -0.4 is 5.73 Å². The summed E-state index contributed by atoms with van der Waals surface area (Å²) in [5.41, 5.74) is 8.46. The van der Waals surface area contributed by atoms with Crippen LogP contribution in [0.3, 0.4) is 0 Å². The Morgan fingerprint density at radius 1 is 1.37 bits per heavy atom. The van der Waals surface area contributed by atoms with Crippen LogP contribution in [0.2, 0.25) is 0 Å². The first kappa shape index (κ1) is 13.0. The second-order valence-corrected chi connectivity index (χ2v) is 7.96. The van der Waals surface area contributed by atoms with E-state index < -0.39 is 9.84 Å². The average molecular weight is 283 g/mol. The fraction of sp³-hybridized carbons (Fsp3) is 0.769. The summed E-state index contributed by atoms with van der Waals surface area (Å²) in [6, 6.07) is -0.0656. The van der Waals surface area contributed by atoms with E-state index >= 15 is 0 Å². The van der Waals surface area contributed by atoms with E-state index in [1.807, 2.05) is 0 Å². The van der Waals surface area contributed by atoms with Crippen LogP contribution in [0, 0.1) is 0 Å². The first-order valence-corrected chi connectivity index (χ1v) is 8.91. The number of hydrogen-bond donors (Lipinski definition) is 1. The fourth-order valence-electron chi connectivity index (χ4n) is 3.12. The van der Waals surface area contributed by atoms with Gasteiger partial charge < -0.3 is 5.73 Å². The Bertz CT molecular complexity index is 587. The zero-order valence-corrected chi connectivity index (χ0v) is 12.1. The lowest BCUT2D eigenvalue weighted by atomic mass is 9.81. The highest BCUT2D eigenvalue weighted by Gasteiger charge is 2.34. The lowest BCUT2D eigenvalue weighted by Gasteiger charge is -2.24. The molecular weight excluding hydrogens is 262 g/mol. The van der Waals surface area contributed by atoms with E-state index in [9.17, 15) is 8.42 Å². The summed E-state index contributed by atoms with van der Waals surface area (Å²) in [4.78, 5) is 0. The maximum atomic E-state index is 11.6. The van der Waals surface area contributed by atoms with Gasteiger partial charge in [-0.15, -0.1) is 0 Å². The van der Waals surface area contributed by atoms with Crippen molar-refractivity contribution in [2.75, 3.05) is 17.2 Å². The molecule has 1 unspecified atom stereocenters. The Morgan fingerprint density at radius 2 is 2.11 bits per heavy atom. The normalized spacial score (nSPS) is 26.5. The zero-order valence-electron chi connectivity index (χ0n) is 11.3. The van der Waals surface area contributed by atoms with Crippen LogP contribution in [0.1, 0.15) is 55.8 Å². The number of anilines is 1. The van der Waals surface area contributed by atoms with Crippen LogP contribution in [0.15, 0.2) is 0 Å². The second kappa shape index (κ2) is 4.51. The maximum absolute atomic E-state index is 11.6. The summed E-state index contributed by atoms with van der Waals surface area (Å²) in [5, 5.41) is 4.68. The highest BCUT2D eigenvalue weighted by atomic mass is 32.2. The van der Waals surface area contributed by atoms with Crippen LogP contribution in [-0.2, 0) is 16.3 Å². The second-order valence-electron chi connectivity index (χ2n) is 5.73. The molecule has 2 aliphatic rings. The molecule has 1 saturated carbocycles. The highest BCUT2D eigenvalue weighted by molar-refractivity contribution is 7.91. The van der Waals surface area contributed by atoms with Gasteiger partial charge in [-0.05, 0) is 25.7 Å². The summed E-state index contributed by atoms with van der Waals surface area (Å²) in [6.07, 6.45) is 5.15. The molecule has 6 heteroatoms. The van der Waals surface area contributed by atoms with Gasteiger partial charge in [0.1, 0.15) is 5.82 Å². The minimum absolute atomic E-state index is 0.0656. The van der Waals surface area contributed by atoms with E-state index in [4.69, 9.17) is 5.73 Å². The van der Waals surface area contributed by atoms with E-state index in [0.717, 1.165) is 17.7 Å². The van der Waals surface area contributed by atoms with E-state index in [2.05, 4.69) is 12.0 Å². The lowest BCUT2D eigenvalue weighted by molar-refractivity contribution is 0.398. The van der Waals surface area contributed by atoms with Crippen LogP contribution in [0.4, 0.5) is 5.82 Å². The van der Waals surface area contributed by atoms with Crippen LogP contribution in [0.5, 0.6) is 0 Å². The van der Waals surface area contributed by atoms with Gasteiger partial charge in [-0.25, -0.2) is 13.1 Å². The van der Waals surface area contributed by atoms with Crippen molar-refractivity contribution < 1.29 is 8.42 Å². The summed E-state index contributed by atoms with van der Waals surface area (Å²) >= 11 is 0. The molecule has 19 heavy (non-hydrogen) atoms. The smallest absolute Gasteiger partial charge is 0.152 e. The Morgan fingerprint density at radius 3 is 2.58 bits per heavy atom.